The molecular formula is C53H93O10P. The molecule has 0 bridgehead atoms. The van der Waals surface area contributed by atoms with Gasteiger partial charge in [-0.05, 0) is 83.5 Å². The number of carbonyl (C=O) groups is 2. The highest BCUT2D eigenvalue weighted by atomic mass is 31.2. The average Bonchev–Trinajstić information content (AvgIpc) is 3.29. The average molecular weight is 921 g/mol. The third kappa shape index (κ3) is 46.0. The Morgan fingerprint density at radius 1 is 0.438 bits per heavy atom. The van der Waals surface area contributed by atoms with Crippen molar-refractivity contribution in [2.24, 2.45) is 0 Å². The quantitative estimate of drug-likeness (QED) is 0.0233. The molecule has 11 heteroatoms. The van der Waals surface area contributed by atoms with Crippen LogP contribution in [0.25, 0.3) is 0 Å². The largest absolute Gasteiger partial charge is 0.472 e. The monoisotopic (exact) mass is 921 g/mol. The summed E-state index contributed by atoms with van der Waals surface area (Å²) in [6.45, 7) is 2.08. The van der Waals surface area contributed by atoms with E-state index in [4.69, 9.17) is 18.5 Å². The summed E-state index contributed by atoms with van der Waals surface area (Å²) in [5.41, 5.74) is 0. The minimum Gasteiger partial charge on any atom is -0.457 e. The number of ether oxygens (including phenoxy) is 2. The Hall–Kier alpha value is -2.59. The van der Waals surface area contributed by atoms with E-state index in [2.05, 4.69) is 86.8 Å². The number of hydrogen-bond donors (Lipinski definition) is 3. The minimum atomic E-state index is -4.65. The van der Waals surface area contributed by atoms with Gasteiger partial charge < -0.3 is 24.6 Å². The summed E-state index contributed by atoms with van der Waals surface area (Å²) in [6.07, 6.45) is 57.2. The molecule has 64 heavy (non-hydrogen) atoms. The molecule has 0 aromatic carbocycles. The summed E-state index contributed by atoms with van der Waals surface area (Å²) >= 11 is 0. The van der Waals surface area contributed by atoms with E-state index >= 15 is 0 Å². The van der Waals surface area contributed by atoms with E-state index < -0.39 is 58.4 Å². The van der Waals surface area contributed by atoms with Crippen LogP contribution in [0.15, 0.2) is 72.9 Å². The van der Waals surface area contributed by atoms with Crippen LogP contribution in [0.1, 0.15) is 213 Å². The van der Waals surface area contributed by atoms with Gasteiger partial charge in [-0.25, -0.2) is 4.57 Å². The maximum Gasteiger partial charge on any atom is 0.472 e. The number of phosphoric ester groups is 1. The third-order valence-corrected chi connectivity index (χ3v) is 11.6. The van der Waals surface area contributed by atoms with Gasteiger partial charge in [-0.15, -0.1) is 0 Å². The van der Waals surface area contributed by atoms with Gasteiger partial charge in [0.15, 0.2) is 0 Å². The van der Waals surface area contributed by atoms with E-state index in [1.807, 2.05) is 0 Å². The summed E-state index contributed by atoms with van der Waals surface area (Å²) in [5, 5.41) is 19.3. The van der Waals surface area contributed by atoms with E-state index in [9.17, 15) is 29.3 Å². The molecule has 0 aliphatic rings. The van der Waals surface area contributed by atoms with Gasteiger partial charge in [0.25, 0.3) is 0 Å². The Bertz CT molecular complexity index is 1290. The first-order valence-electron chi connectivity index (χ1n) is 25.4. The van der Waals surface area contributed by atoms with Crippen molar-refractivity contribution in [2.75, 3.05) is 26.4 Å². The molecule has 10 nitrogen and oxygen atoms in total. The smallest absolute Gasteiger partial charge is 0.457 e. The van der Waals surface area contributed by atoms with E-state index in [-0.39, 0.29) is 12.8 Å². The Kier molecular flexibility index (Phi) is 46.4. The highest BCUT2D eigenvalue weighted by Crippen LogP contribution is 2.43. The summed E-state index contributed by atoms with van der Waals surface area (Å²) in [6, 6.07) is 0. The molecule has 0 amide bonds. The van der Waals surface area contributed by atoms with Crippen molar-refractivity contribution in [3.63, 3.8) is 0 Å². The third-order valence-electron chi connectivity index (χ3n) is 10.7. The lowest BCUT2D eigenvalue weighted by Gasteiger charge is -2.20. The van der Waals surface area contributed by atoms with Gasteiger partial charge in [-0.3, -0.25) is 18.6 Å². The molecule has 0 rings (SSSR count). The van der Waals surface area contributed by atoms with Crippen LogP contribution in [0.3, 0.4) is 0 Å². The van der Waals surface area contributed by atoms with Crippen molar-refractivity contribution in [3.8, 4) is 0 Å². The summed E-state index contributed by atoms with van der Waals surface area (Å²) in [4.78, 5) is 34.7. The van der Waals surface area contributed by atoms with Gasteiger partial charge in [0.05, 0.1) is 26.4 Å². The van der Waals surface area contributed by atoms with Gasteiger partial charge in [0.2, 0.25) is 0 Å². The SMILES string of the molecule is CC/C=C\C/C=C\C/C=C\C/C=C\CCCCCCCCCCCCC(=O)OC(CO)COP(=O)(O)OCC(CO)OC(=O)CCCCCCCCC/C=C\C/C=C\CCCCCC. The predicted octanol–water partition coefficient (Wildman–Crippen LogP) is 14.4. The Labute approximate surface area is 390 Å². The van der Waals surface area contributed by atoms with Gasteiger partial charge in [-0.1, -0.05) is 189 Å². The van der Waals surface area contributed by atoms with Crippen molar-refractivity contribution in [2.45, 2.75) is 225 Å². The zero-order chi connectivity index (χ0) is 46.9. The first-order chi connectivity index (χ1) is 31.3. The fraction of sp³-hybridized carbons (Fsp3) is 0.736. The molecule has 0 saturated carbocycles. The van der Waals surface area contributed by atoms with Crippen molar-refractivity contribution in [1.82, 2.24) is 0 Å². The minimum absolute atomic E-state index is 0.181. The van der Waals surface area contributed by atoms with Crippen LogP contribution in [-0.4, -0.2) is 65.7 Å². The number of aliphatic hydroxyl groups excluding tert-OH is 2. The molecule has 0 fully saturated rings. The van der Waals surface area contributed by atoms with Crippen LogP contribution in [0.2, 0.25) is 0 Å². The normalized spacial score (nSPS) is 14.3. The maximum atomic E-state index is 12.4. The number of phosphoric acid groups is 1. The van der Waals surface area contributed by atoms with E-state index in [0.29, 0.717) is 12.8 Å². The maximum absolute atomic E-state index is 12.4. The lowest BCUT2D eigenvalue weighted by atomic mass is 10.0. The van der Waals surface area contributed by atoms with Crippen molar-refractivity contribution in [1.29, 1.82) is 0 Å². The molecule has 0 aliphatic heterocycles. The number of unbranched alkanes of at least 4 members (excludes halogenated alkanes) is 21. The molecule has 0 aromatic rings. The lowest BCUT2D eigenvalue weighted by molar-refractivity contribution is -0.153. The number of allylic oxidation sites excluding steroid dienone is 12. The first kappa shape index (κ1) is 61.4. The number of aliphatic hydroxyl groups is 2. The molecule has 0 saturated heterocycles. The summed E-state index contributed by atoms with van der Waals surface area (Å²) in [7, 11) is -4.65. The molecule has 3 N–H and O–H groups in total. The van der Waals surface area contributed by atoms with Crippen molar-refractivity contribution in [3.05, 3.63) is 72.9 Å². The molecule has 0 aliphatic carbocycles. The second kappa shape index (κ2) is 48.3. The van der Waals surface area contributed by atoms with E-state index in [1.54, 1.807) is 0 Å². The molecule has 370 valence electrons. The topological polar surface area (TPSA) is 149 Å². The Balaban J connectivity index is 3.87. The van der Waals surface area contributed by atoms with Crippen LogP contribution in [0.4, 0.5) is 0 Å². The van der Waals surface area contributed by atoms with Gasteiger partial charge in [-0.2, -0.15) is 0 Å². The van der Waals surface area contributed by atoms with E-state index in [0.717, 1.165) is 83.5 Å². The fourth-order valence-electron chi connectivity index (χ4n) is 6.78. The molecule has 3 atom stereocenters. The second-order valence-corrected chi connectivity index (χ2v) is 18.2. The lowest BCUT2D eigenvalue weighted by Crippen LogP contribution is -2.28. The summed E-state index contributed by atoms with van der Waals surface area (Å²) < 4.78 is 32.7. The van der Waals surface area contributed by atoms with Crippen molar-refractivity contribution >= 4 is 19.8 Å². The Morgan fingerprint density at radius 3 is 1.06 bits per heavy atom. The number of carbonyl (C=O) groups excluding carboxylic acids is 2. The molecule has 0 aromatic heterocycles. The highest BCUT2D eigenvalue weighted by molar-refractivity contribution is 7.47. The second-order valence-electron chi connectivity index (χ2n) is 16.8. The zero-order valence-electron chi connectivity index (χ0n) is 40.5. The van der Waals surface area contributed by atoms with Gasteiger partial charge >= 0.3 is 19.8 Å². The van der Waals surface area contributed by atoms with Crippen LogP contribution in [-0.2, 0) is 32.7 Å². The predicted molar refractivity (Wildman–Crippen MR) is 265 cm³/mol. The van der Waals surface area contributed by atoms with Gasteiger partial charge in [0.1, 0.15) is 12.2 Å². The van der Waals surface area contributed by atoms with Crippen LogP contribution in [0, 0.1) is 0 Å². The zero-order valence-corrected chi connectivity index (χ0v) is 41.4. The fourth-order valence-corrected chi connectivity index (χ4v) is 7.57. The molecule has 0 radical (unpaired) electrons. The molecule has 3 unspecified atom stereocenters. The first-order valence-corrected chi connectivity index (χ1v) is 26.9. The highest BCUT2D eigenvalue weighted by Gasteiger charge is 2.27. The molecule has 0 heterocycles. The van der Waals surface area contributed by atoms with Crippen molar-refractivity contribution < 1.29 is 47.8 Å². The van der Waals surface area contributed by atoms with E-state index in [1.165, 1.54) is 89.9 Å². The van der Waals surface area contributed by atoms with Gasteiger partial charge in [0, 0.05) is 12.8 Å². The van der Waals surface area contributed by atoms with Crippen LogP contribution in [0.5, 0.6) is 0 Å². The Morgan fingerprint density at radius 2 is 0.734 bits per heavy atom. The number of esters is 2. The number of hydrogen-bond acceptors (Lipinski definition) is 9. The number of rotatable bonds is 47. The molecular weight excluding hydrogens is 828 g/mol. The standard InChI is InChI=1S/C53H93O10P/c1-3-5-7-9-11-13-15-17-19-21-23-24-25-26-27-29-31-33-35-37-39-41-43-45-53(57)63-51(47-55)49-61-64(58,59)60-48-50(46-54)62-52(56)44-42-40-38-36-34-32-30-28-22-20-18-16-14-12-10-8-6-4-2/h5,7,11,13-14,16-17,19-20,22-24,50-51,54-55H,3-4,6,8-10,12,15,18,21,25-49H2,1-2H3,(H,58,59)/b7-5-,13-11-,16-14-,19-17-,22-20-,24-23-. The van der Waals surface area contributed by atoms with Crippen LogP contribution < -0.4 is 0 Å². The summed E-state index contributed by atoms with van der Waals surface area (Å²) in [5.74, 6) is -1.03. The molecule has 0 spiro atoms. The van der Waals surface area contributed by atoms with Crippen LogP contribution >= 0.6 is 7.82 Å².